The van der Waals surface area contributed by atoms with Crippen LogP contribution in [0.2, 0.25) is 0 Å². The molecule has 2 aliphatic rings. The van der Waals surface area contributed by atoms with Crippen LogP contribution in [0.1, 0.15) is 6.42 Å². The van der Waals surface area contributed by atoms with Crippen molar-refractivity contribution in [3.63, 3.8) is 0 Å². The maximum absolute atomic E-state index is 11.9. The maximum Gasteiger partial charge on any atom is 0.416 e. The van der Waals surface area contributed by atoms with E-state index in [0.29, 0.717) is 32.1 Å². The van der Waals surface area contributed by atoms with Crippen LogP contribution in [0.15, 0.2) is 12.3 Å². The fourth-order valence-corrected chi connectivity index (χ4v) is 2.55. The summed E-state index contributed by atoms with van der Waals surface area (Å²) in [5, 5.41) is 6.85. The quantitative estimate of drug-likeness (QED) is 0.838. The summed E-state index contributed by atoms with van der Waals surface area (Å²) in [4.78, 5) is 25.3. The fraction of sp³-hybridized carbons (Fsp3) is 0.615. The predicted octanol–water partition coefficient (Wildman–Crippen LogP) is -0.102. The smallest absolute Gasteiger partial charge is 0.416 e. The van der Waals surface area contributed by atoms with Gasteiger partial charge in [-0.25, -0.2) is 4.79 Å². The zero-order chi connectivity index (χ0) is 14.8. The van der Waals surface area contributed by atoms with Gasteiger partial charge in [-0.15, -0.1) is 0 Å². The van der Waals surface area contributed by atoms with Gasteiger partial charge in [-0.05, 0) is 6.42 Å². The first kappa shape index (κ1) is 13.9. The third-order valence-corrected chi connectivity index (χ3v) is 3.75. The van der Waals surface area contributed by atoms with Crippen molar-refractivity contribution < 1.29 is 19.1 Å². The average Bonchev–Trinajstić information content (AvgIpc) is 3.17. The molecular weight excluding hydrogens is 276 g/mol. The molecule has 0 aliphatic carbocycles. The van der Waals surface area contributed by atoms with E-state index in [1.807, 2.05) is 0 Å². The molecule has 0 saturated carbocycles. The number of aromatic nitrogens is 2. The molecule has 3 heterocycles. The molecule has 0 spiro atoms. The Morgan fingerprint density at radius 1 is 1.57 bits per heavy atom. The Morgan fingerprint density at radius 3 is 3.10 bits per heavy atom. The lowest BCUT2D eigenvalue weighted by molar-refractivity contribution is -0.125. The Balaban J connectivity index is 1.53. The summed E-state index contributed by atoms with van der Waals surface area (Å²) in [5.41, 5.74) is 0. The second-order valence-electron chi connectivity index (χ2n) is 5.24. The van der Waals surface area contributed by atoms with Crippen molar-refractivity contribution >= 4 is 17.8 Å². The van der Waals surface area contributed by atoms with Crippen molar-refractivity contribution in [3.05, 3.63) is 12.3 Å². The molecule has 2 unspecified atom stereocenters. The van der Waals surface area contributed by atoms with E-state index in [1.54, 1.807) is 24.0 Å². The normalized spacial score (nSPS) is 25.2. The molecule has 2 atom stereocenters. The number of hydrogen-bond acceptors (Lipinski definition) is 5. The monoisotopic (exact) mass is 294 g/mol. The minimum Gasteiger partial charge on any atom is -0.442 e. The van der Waals surface area contributed by atoms with Crippen LogP contribution in [0.25, 0.3) is 0 Å². The van der Waals surface area contributed by atoms with Gasteiger partial charge in [0.1, 0.15) is 11.9 Å². The third kappa shape index (κ3) is 2.85. The van der Waals surface area contributed by atoms with E-state index >= 15 is 0 Å². The lowest BCUT2D eigenvalue weighted by Crippen LogP contribution is -2.38. The molecule has 2 amide bonds. The number of nitrogens with one attached hydrogen (secondary N) is 1. The van der Waals surface area contributed by atoms with Crippen molar-refractivity contribution in [1.82, 2.24) is 15.1 Å². The van der Waals surface area contributed by atoms with Crippen LogP contribution in [0.3, 0.4) is 0 Å². The van der Waals surface area contributed by atoms with Gasteiger partial charge < -0.3 is 14.8 Å². The largest absolute Gasteiger partial charge is 0.442 e. The topological polar surface area (TPSA) is 85.7 Å². The molecule has 114 valence electrons. The average molecular weight is 294 g/mol. The summed E-state index contributed by atoms with van der Waals surface area (Å²) in [6, 6.07) is 1.75. The number of amides is 2. The van der Waals surface area contributed by atoms with Gasteiger partial charge in [0.15, 0.2) is 0 Å². The van der Waals surface area contributed by atoms with E-state index in [1.165, 1.54) is 4.90 Å². The molecule has 8 heteroatoms. The van der Waals surface area contributed by atoms with E-state index in [9.17, 15) is 9.59 Å². The van der Waals surface area contributed by atoms with Gasteiger partial charge in [0.25, 0.3) is 0 Å². The van der Waals surface area contributed by atoms with Gasteiger partial charge in [-0.1, -0.05) is 0 Å². The molecule has 0 bridgehead atoms. The molecule has 8 nitrogen and oxygen atoms in total. The van der Waals surface area contributed by atoms with Gasteiger partial charge in [-0.3, -0.25) is 14.4 Å². The zero-order valence-corrected chi connectivity index (χ0v) is 11.8. The van der Waals surface area contributed by atoms with Crippen LogP contribution in [-0.4, -0.2) is 54.2 Å². The molecule has 2 fully saturated rings. The lowest BCUT2D eigenvalue weighted by atomic mass is 10.1. The summed E-state index contributed by atoms with van der Waals surface area (Å²) in [6.45, 7) is 1.82. The SMILES string of the molecule is Cn1nccc1N1CC(CNC(=O)C2CCOC2)OC1=O. The van der Waals surface area contributed by atoms with Crippen molar-refractivity contribution in [2.24, 2.45) is 13.0 Å². The second-order valence-corrected chi connectivity index (χ2v) is 5.24. The van der Waals surface area contributed by atoms with Crippen LogP contribution < -0.4 is 10.2 Å². The molecule has 2 aliphatic heterocycles. The second kappa shape index (κ2) is 5.72. The molecule has 1 aromatic heterocycles. The summed E-state index contributed by atoms with van der Waals surface area (Å²) in [7, 11) is 1.76. The molecule has 21 heavy (non-hydrogen) atoms. The fourth-order valence-electron chi connectivity index (χ4n) is 2.55. The highest BCUT2D eigenvalue weighted by Gasteiger charge is 2.34. The van der Waals surface area contributed by atoms with Gasteiger partial charge in [0.05, 0.1) is 31.8 Å². The highest BCUT2D eigenvalue weighted by Crippen LogP contribution is 2.20. The molecule has 0 radical (unpaired) electrons. The number of cyclic esters (lactones) is 1. The lowest BCUT2D eigenvalue weighted by Gasteiger charge is -2.13. The number of aryl methyl sites for hydroxylation is 1. The highest BCUT2D eigenvalue weighted by molar-refractivity contribution is 5.88. The van der Waals surface area contributed by atoms with Gasteiger partial charge in [-0.2, -0.15) is 5.10 Å². The first-order valence-electron chi connectivity index (χ1n) is 6.97. The molecule has 3 rings (SSSR count). The number of carbonyl (C=O) groups is 2. The zero-order valence-electron chi connectivity index (χ0n) is 11.8. The molecule has 0 aromatic carbocycles. The van der Waals surface area contributed by atoms with Crippen LogP contribution in [-0.2, 0) is 21.3 Å². The summed E-state index contributed by atoms with van der Waals surface area (Å²) in [6.07, 6.45) is 1.61. The standard InChI is InChI=1S/C13H18N4O4/c1-16-11(2-4-15-16)17-7-10(21-13(17)19)6-14-12(18)9-3-5-20-8-9/h2,4,9-10H,3,5-8H2,1H3,(H,14,18). The summed E-state index contributed by atoms with van der Waals surface area (Å²) >= 11 is 0. The molecule has 2 saturated heterocycles. The number of nitrogens with zero attached hydrogens (tertiary/aromatic N) is 3. The molecular formula is C13H18N4O4. The van der Waals surface area contributed by atoms with Gasteiger partial charge in [0.2, 0.25) is 5.91 Å². The minimum atomic E-state index is -0.415. The van der Waals surface area contributed by atoms with Crippen LogP contribution in [0.5, 0.6) is 0 Å². The van der Waals surface area contributed by atoms with E-state index < -0.39 is 6.09 Å². The van der Waals surface area contributed by atoms with Crippen molar-refractivity contribution in [2.75, 3.05) is 31.2 Å². The van der Waals surface area contributed by atoms with Crippen LogP contribution in [0.4, 0.5) is 10.6 Å². The predicted molar refractivity (Wildman–Crippen MR) is 72.8 cm³/mol. The Kier molecular flexibility index (Phi) is 3.78. The van der Waals surface area contributed by atoms with Gasteiger partial charge in [0, 0.05) is 19.7 Å². The number of rotatable bonds is 4. The number of anilines is 1. The van der Waals surface area contributed by atoms with E-state index in [-0.39, 0.29) is 17.9 Å². The van der Waals surface area contributed by atoms with Crippen molar-refractivity contribution in [3.8, 4) is 0 Å². The minimum absolute atomic E-state index is 0.0393. The van der Waals surface area contributed by atoms with Gasteiger partial charge >= 0.3 is 6.09 Å². The van der Waals surface area contributed by atoms with E-state index in [4.69, 9.17) is 9.47 Å². The Morgan fingerprint density at radius 2 is 2.43 bits per heavy atom. The molecule has 1 N–H and O–H groups in total. The van der Waals surface area contributed by atoms with Crippen LogP contribution in [0, 0.1) is 5.92 Å². The number of carbonyl (C=O) groups excluding carboxylic acids is 2. The first-order chi connectivity index (χ1) is 10.1. The molecule has 1 aromatic rings. The number of ether oxygens (including phenoxy) is 2. The van der Waals surface area contributed by atoms with Crippen LogP contribution >= 0.6 is 0 Å². The van der Waals surface area contributed by atoms with E-state index in [2.05, 4.69) is 10.4 Å². The third-order valence-electron chi connectivity index (χ3n) is 3.75. The maximum atomic E-state index is 11.9. The highest BCUT2D eigenvalue weighted by atomic mass is 16.6. The Hall–Kier alpha value is -2.09. The summed E-state index contributed by atoms with van der Waals surface area (Å²) < 4.78 is 12.1. The Labute approximate surface area is 122 Å². The summed E-state index contributed by atoms with van der Waals surface area (Å²) in [5.74, 6) is 0.552. The van der Waals surface area contributed by atoms with Crippen molar-refractivity contribution in [1.29, 1.82) is 0 Å². The van der Waals surface area contributed by atoms with E-state index in [0.717, 1.165) is 6.42 Å². The number of hydrogen-bond donors (Lipinski definition) is 1. The van der Waals surface area contributed by atoms with Crippen molar-refractivity contribution in [2.45, 2.75) is 12.5 Å². The first-order valence-corrected chi connectivity index (χ1v) is 6.97. The Bertz CT molecular complexity index is 538.